The Bertz CT molecular complexity index is 877. The lowest BCUT2D eigenvalue weighted by Crippen LogP contribution is -2.49. The molecule has 6 heteroatoms. The highest BCUT2D eigenvalue weighted by molar-refractivity contribution is 6.34. The second-order valence-electron chi connectivity index (χ2n) is 7.61. The predicted octanol–water partition coefficient (Wildman–Crippen LogP) is 3.66. The fourth-order valence-electron chi connectivity index (χ4n) is 4.06. The van der Waals surface area contributed by atoms with E-state index in [0.717, 1.165) is 49.6 Å². The average Bonchev–Trinajstić information content (AvgIpc) is 3.21. The lowest BCUT2D eigenvalue weighted by Gasteiger charge is -2.34. The van der Waals surface area contributed by atoms with Crippen molar-refractivity contribution < 1.29 is 4.79 Å². The summed E-state index contributed by atoms with van der Waals surface area (Å²) in [6.45, 7) is 7.52. The number of hydrazone groups is 1. The first-order valence-corrected chi connectivity index (χ1v) is 10.7. The molecule has 4 rings (SSSR count). The molecule has 0 spiro atoms. The standard InChI is InChI=1S/C23H27ClN4O/c1-2-26-12-14-27(15-13-26)17-23(29)28-22(18-8-4-3-5-9-18)16-21(25-28)19-10-6-7-11-20(19)24/h3-11,22H,2,12-17H2,1H3. The number of benzene rings is 2. The van der Waals surface area contributed by atoms with Gasteiger partial charge in [-0.3, -0.25) is 9.69 Å². The van der Waals surface area contributed by atoms with Crippen LogP contribution in [-0.4, -0.2) is 65.7 Å². The minimum atomic E-state index is -0.0908. The minimum absolute atomic E-state index is 0.0471. The zero-order chi connectivity index (χ0) is 20.2. The second kappa shape index (κ2) is 9.08. The summed E-state index contributed by atoms with van der Waals surface area (Å²) >= 11 is 6.41. The fraction of sp³-hybridized carbons (Fsp3) is 0.391. The van der Waals surface area contributed by atoms with Crippen LogP contribution in [0.1, 0.15) is 30.5 Å². The van der Waals surface area contributed by atoms with Crippen LogP contribution < -0.4 is 0 Å². The number of hydrogen-bond donors (Lipinski definition) is 0. The molecule has 1 saturated heterocycles. The summed E-state index contributed by atoms with van der Waals surface area (Å²) in [5.41, 5.74) is 2.87. The average molecular weight is 411 g/mol. The van der Waals surface area contributed by atoms with Crippen molar-refractivity contribution in [2.75, 3.05) is 39.3 Å². The summed E-state index contributed by atoms with van der Waals surface area (Å²) in [7, 11) is 0. The molecule has 1 fully saturated rings. The maximum atomic E-state index is 13.2. The highest BCUT2D eigenvalue weighted by atomic mass is 35.5. The third kappa shape index (κ3) is 4.53. The number of piperazine rings is 1. The van der Waals surface area contributed by atoms with E-state index in [1.165, 1.54) is 0 Å². The van der Waals surface area contributed by atoms with E-state index < -0.39 is 0 Å². The predicted molar refractivity (Wildman–Crippen MR) is 117 cm³/mol. The molecule has 0 bridgehead atoms. The summed E-state index contributed by atoms with van der Waals surface area (Å²) < 4.78 is 0. The van der Waals surface area contributed by atoms with Crippen LogP contribution in [0.2, 0.25) is 5.02 Å². The summed E-state index contributed by atoms with van der Waals surface area (Å²) in [4.78, 5) is 17.9. The van der Waals surface area contributed by atoms with Gasteiger partial charge in [0.2, 0.25) is 0 Å². The number of carbonyl (C=O) groups is 1. The Morgan fingerprint density at radius 1 is 1.00 bits per heavy atom. The number of nitrogens with zero attached hydrogens (tertiary/aromatic N) is 4. The molecule has 0 N–H and O–H groups in total. The van der Waals surface area contributed by atoms with Gasteiger partial charge >= 0.3 is 0 Å². The maximum Gasteiger partial charge on any atom is 0.257 e. The summed E-state index contributed by atoms with van der Waals surface area (Å²) in [5.74, 6) is 0.0471. The quantitative estimate of drug-likeness (QED) is 0.755. The molecule has 1 amide bonds. The van der Waals surface area contributed by atoms with Crippen molar-refractivity contribution in [2.24, 2.45) is 5.10 Å². The molecule has 29 heavy (non-hydrogen) atoms. The van der Waals surface area contributed by atoms with Gasteiger partial charge in [0, 0.05) is 43.2 Å². The normalized spacial score (nSPS) is 20.7. The molecule has 2 aliphatic rings. The van der Waals surface area contributed by atoms with Crippen LogP contribution in [-0.2, 0) is 4.79 Å². The molecule has 2 aromatic carbocycles. The van der Waals surface area contributed by atoms with E-state index in [1.54, 1.807) is 5.01 Å². The van der Waals surface area contributed by atoms with Crippen LogP contribution in [0.3, 0.4) is 0 Å². The number of amides is 1. The first-order chi connectivity index (χ1) is 14.2. The third-order valence-electron chi connectivity index (χ3n) is 5.81. The molecule has 2 aliphatic heterocycles. The van der Waals surface area contributed by atoms with Crippen LogP contribution >= 0.6 is 11.6 Å². The van der Waals surface area contributed by atoms with Gasteiger partial charge in [-0.2, -0.15) is 5.10 Å². The maximum absolute atomic E-state index is 13.2. The monoisotopic (exact) mass is 410 g/mol. The summed E-state index contributed by atoms with van der Waals surface area (Å²) in [6, 6.07) is 17.8. The van der Waals surface area contributed by atoms with Crippen molar-refractivity contribution in [2.45, 2.75) is 19.4 Å². The van der Waals surface area contributed by atoms with Crippen LogP contribution in [0.25, 0.3) is 0 Å². The van der Waals surface area contributed by atoms with Crippen molar-refractivity contribution in [3.8, 4) is 0 Å². The Morgan fingerprint density at radius 2 is 1.66 bits per heavy atom. The van der Waals surface area contributed by atoms with Crippen LogP contribution in [0.15, 0.2) is 59.7 Å². The molecule has 0 radical (unpaired) electrons. The van der Waals surface area contributed by atoms with E-state index in [9.17, 15) is 4.79 Å². The number of rotatable bonds is 5. The molecule has 1 unspecified atom stereocenters. The first-order valence-electron chi connectivity index (χ1n) is 10.3. The Morgan fingerprint density at radius 3 is 2.34 bits per heavy atom. The van der Waals surface area contributed by atoms with Gasteiger partial charge < -0.3 is 4.90 Å². The van der Waals surface area contributed by atoms with Crippen molar-refractivity contribution >= 4 is 23.2 Å². The van der Waals surface area contributed by atoms with E-state index in [2.05, 4.69) is 28.9 Å². The highest BCUT2D eigenvalue weighted by Gasteiger charge is 2.34. The van der Waals surface area contributed by atoms with Gasteiger partial charge in [0.1, 0.15) is 0 Å². The largest absolute Gasteiger partial charge is 0.301 e. The van der Waals surface area contributed by atoms with E-state index in [4.69, 9.17) is 16.7 Å². The molecule has 0 aromatic heterocycles. The summed E-state index contributed by atoms with van der Waals surface area (Å²) in [5, 5.41) is 7.10. The minimum Gasteiger partial charge on any atom is -0.301 e. The van der Waals surface area contributed by atoms with Crippen molar-refractivity contribution in [3.05, 3.63) is 70.7 Å². The fourth-order valence-corrected chi connectivity index (χ4v) is 4.31. The molecule has 5 nitrogen and oxygen atoms in total. The smallest absolute Gasteiger partial charge is 0.257 e. The lowest BCUT2D eigenvalue weighted by molar-refractivity contribution is -0.134. The van der Waals surface area contributed by atoms with Crippen LogP contribution in [0, 0.1) is 0 Å². The van der Waals surface area contributed by atoms with E-state index >= 15 is 0 Å². The van der Waals surface area contributed by atoms with Gasteiger partial charge in [-0.25, -0.2) is 5.01 Å². The second-order valence-corrected chi connectivity index (χ2v) is 8.01. The van der Waals surface area contributed by atoms with Crippen LogP contribution in [0.4, 0.5) is 0 Å². The van der Waals surface area contributed by atoms with Gasteiger partial charge in [0.15, 0.2) is 0 Å². The van der Waals surface area contributed by atoms with E-state index in [1.807, 2.05) is 42.5 Å². The van der Waals surface area contributed by atoms with Gasteiger partial charge in [0.25, 0.3) is 5.91 Å². The zero-order valence-corrected chi connectivity index (χ0v) is 17.6. The van der Waals surface area contributed by atoms with Crippen molar-refractivity contribution in [1.29, 1.82) is 0 Å². The molecular formula is C23H27ClN4O. The SMILES string of the molecule is CCN1CCN(CC(=O)N2N=C(c3ccccc3Cl)CC2c2ccccc2)CC1. The van der Waals surface area contributed by atoms with Gasteiger partial charge in [-0.05, 0) is 18.2 Å². The Balaban J connectivity index is 1.55. The molecule has 152 valence electrons. The van der Waals surface area contributed by atoms with Gasteiger partial charge in [0.05, 0.1) is 18.3 Å². The van der Waals surface area contributed by atoms with Gasteiger partial charge in [-0.15, -0.1) is 0 Å². The molecule has 2 heterocycles. The first kappa shape index (κ1) is 20.1. The highest BCUT2D eigenvalue weighted by Crippen LogP contribution is 2.34. The number of halogens is 1. The number of likely N-dealkylation sites (N-methyl/N-ethyl adjacent to an activating group) is 1. The van der Waals surface area contributed by atoms with Crippen molar-refractivity contribution in [1.82, 2.24) is 14.8 Å². The number of carbonyl (C=O) groups excluding carboxylic acids is 1. The van der Waals surface area contributed by atoms with Gasteiger partial charge in [-0.1, -0.05) is 67.1 Å². The molecule has 0 aliphatic carbocycles. The summed E-state index contributed by atoms with van der Waals surface area (Å²) in [6.07, 6.45) is 0.670. The molecule has 2 aromatic rings. The Kier molecular flexibility index (Phi) is 6.28. The molecule has 1 atom stereocenters. The molecular weight excluding hydrogens is 384 g/mol. The third-order valence-corrected chi connectivity index (χ3v) is 6.14. The Labute approximate surface area is 177 Å². The Hall–Kier alpha value is -2.21. The van der Waals surface area contributed by atoms with E-state index in [0.29, 0.717) is 18.0 Å². The molecule has 0 saturated carbocycles. The number of hydrogen-bond acceptors (Lipinski definition) is 4. The topological polar surface area (TPSA) is 39.1 Å². The van der Waals surface area contributed by atoms with Crippen LogP contribution in [0.5, 0.6) is 0 Å². The van der Waals surface area contributed by atoms with E-state index in [-0.39, 0.29) is 11.9 Å². The zero-order valence-electron chi connectivity index (χ0n) is 16.8. The van der Waals surface area contributed by atoms with Crippen molar-refractivity contribution in [3.63, 3.8) is 0 Å². The lowest BCUT2D eigenvalue weighted by atomic mass is 9.98.